The summed E-state index contributed by atoms with van der Waals surface area (Å²) in [7, 11) is 0. The third-order valence-corrected chi connectivity index (χ3v) is 4.87. The van der Waals surface area contributed by atoms with Gasteiger partial charge in [-0.25, -0.2) is 0 Å². The van der Waals surface area contributed by atoms with Crippen LogP contribution in [0.5, 0.6) is 11.5 Å². The highest BCUT2D eigenvalue weighted by atomic mass is 35.5. The number of carbonyl (C=O) groups is 2. The van der Waals surface area contributed by atoms with Crippen LogP contribution in [-0.2, 0) is 4.79 Å². The number of amides is 2. The van der Waals surface area contributed by atoms with E-state index < -0.39 is 0 Å². The highest BCUT2D eigenvalue weighted by Gasteiger charge is 2.24. The number of ether oxygens (including phenoxy) is 1. The zero-order chi connectivity index (χ0) is 17.3. The smallest absolute Gasteiger partial charge is 0.290 e. The number of aryl methyl sites for hydroxylation is 2. The molecule has 0 bridgehead atoms. The molecule has 0 aromatic heterocycles. The lowest BCUT2D eigenvalue weighted by molar-refractivity contribution is -0.115. The normalized spacial score (nSPS) is 15.7. The maximum atomic E-state index is 11.5. The SMILES string of the molecule is Cc1cc(Oc2ccc(/C=C3\SC(=O)NC3=O)cc2)cc(C)c1Cl. The van der Waals surface area contributed by atoms with E-state index >= 15 is 0 Å². The topological polar surface area (TPSA) is 55.4 Å². The molecule has 2 aromatic rings. The van der Waals surface area contributed by atoms with Gasteiger partial charge in [-0.05, 0) is 72.6 Å². The summed E-state index contributed by atoms with van der Waals surface area (Å²) >= 11 is 7.05. The van der Waals surface area contributed by atoms with Gasteiger partial charge < -0.3 is 4.74 Å². The molecule has 0 unspecified atom stereocenters. The van der Waals surface area contributed by atoms with Crippen LogP contribution in [0.25, 0.3) is 6.08 Å². The van der Waals surface area contributed by atoms with Gasteiger partial charge in [-0.15, -0.1) is 0 Å². The molecular weight excluding hydrogens is 346 g/mol. The summed E-state index contributed by atoms with van der Waals surface area (Å²) in [5, 5.41) is 2.62. The van der Waals surface area contributed by atoms with Gasteiger partial charge in [-0.2, -0.15) is 0 Å². The van der Waals surface area contributed by atoms with Crippen molar-refractivity contribution in [1.29, 1.82) is 0 Å². The van der Waals surface area contributed by atoms with Gasteiger partial charge in [0, 0.05) is 5.02 Å². The first-order chi connectivity index (χ1) is 11.4. The van der Waals surface area contributed by atoms with Gasteiger partial charge in [0.2, 0.25) is 0 Å². The van der Waals surface area contributed by atoms with Gasteiger partial charge >= 0.3 is 0 Å². The Balaban J connectivity index is 1.77. The standard InChI is InChI=1S/C18H14ClNO3S/c1-10-7-14(8-11(2)16(10)19)23-13-5-3-12(4-6-13)9-15-17(21)20-18(22)24-15/h3-9H,1-2H3,(H,20,21,22)/b15-9-. The molecule has 1 N–H and O–H groups in total. The molecular formula is C18H14ClNO3S. The van der Waals surface area contributed by atoms with Crippen LogP contribution in [0.1, 0.15) is 16.7 Å². The van der Waals surface area contributed by atoms with E-state index in [0.29, 0.717) is 10.7 Å². The van der Waals surface area contributed by atoms with Crippen molar-refractivity contribution in [2.24, 2.45) is 0 Å². The quantitative estimate of drug-likeness (QED) is 0.777. The van der Waals surface area contributed by atoms with Gasteiger partial charge in [-0.3, -0.25) is 14.9 Å². The molecule has 0 atom stereocenters. The second-order valence-corrected chi connectivity index (χ2v) is 6.79. The average Bonchev–Trinajstić information content (AvgIpc) is 2.84. The van der Waals surface area contributed by atoms with Gasteiger partial charge in [0.05, 0.1) is 4.91 Å². The number of nitrogens with one attached hydrogen (secondary N) is 1. The van der Waals surface area contributed by atoms with Crippen molar-refractivity contribution in [3.8, 4) is 11.5 Å². The van der Waals surface area contributed by atoms with Crippen molar-refractivity contribution in [3.05, 3.63) is 63.0 Å². The minimum atomic E-state index is -0.363. The summed E-state index contributed by atoms with van der Waals surface area (Å²) < 4.78 is 5.84. The molecule has 4 nitrogen and oxygen atoms in total. The number of benzene rings is 2. The zero-order valence-electron chi connectivity index (χ0n) is 13.1. The molecule has 2 aromatic carbocycles. The summed E-state index contributed by atoms with van der Waals surface area (Å²) in [6.07, 6.45) is 1.67. The number of carbonyl (C=O) groups excluding carboxylic acids is 2. The molecule has 1 heterocycles. The molecule has 3 rings (SSSR count). The lowest BCUT2D eigenvalue weighted by Crippen LogP contribution is -2.17. The van der Waals surface area contributed by atoms with Crippen LogP contribution in [0.2, 0.25) is 5.02 Å². The first kappa shape index (κ1) is 16.6. The number of halogens is 1. The lowest BCUT2D eigenvalue weighted by Gasteiger charge is -2.10. The van der Waals surface area contributed by atoms with Crippen molar-refractivity contribution < 1.29 is 14.3 Å². The van der Waals surface area contributed by atoms with E-state index in [4.69, 9.17) is 16.3 Å². The summed E-state index contributed by atoms with van der Waals surface area (Å²) in [4.78, 5) is 23.1. The summed E-state index contributed by atoms with van der Waals surface area (Å²) in [5.74, 6) is 1.03. The number of thioether (sulfide) groups is 1. The van der Waals surface area contributed by atoms with E-state index in [1.807, 2.05) is 50.2 Å². The highest BCUT2D eigenvalue weighted by Crippen LogP contribution is 2.30. The van der Waals surface area contributed by atoms with Crippen molar-refractivity contribution in [1.82, 2.24) is 5.32 Å². The van der Waals surface area contributed by atoms with E-state index in [9.17, 15) is 9.59 Å². The monoisotopic (exact) mass is 359 g/mol. The first-order valence-corrected chi connectivity index (χ1v) is 8.41. The molecule has 1 aliphatic rings. The van der Waals surface area contributed by atoms with E-state index in [2.05, 4.69) is 5.32 Å². The summed E-state index contributed by atoms with van der Waals surface area (Å²) in [5.41, 5.74) is 2.74. The van der Waals surface area contributed by atoms with Crippen LogP contribution >= 0.6 is 23.4 Å². The van der Waals surface area contributed by atoms with Crippen LogP contribution in [0.15, 0.2) is 41.3 Å². The Morgan fingerprint density at radius 1 is 1.04 bits per heavy atom. The molecule has 6 heteroatoms. The Morgan fingerprint density at radius 2 is 1.67 bits per heavy atom. The Hall–Kier alpha value is -2.24. The van der Waals surface area contributed by atoms with E-state index in [1.165, 1.54) is 0 Å². The van der Waals surface area contributed by atoms with Crippen molar-refractivity contribution >= 4 is 40.6 Å². The molecule has 0 radical (unpaired) electrons. The van der Waals surface area contributed by atoms with Crippen molar-refractivity contribution in [2.45, 2.75) is 13.8 Å². The number of hydrogen-bond acceptors (Lipinski definition) is 4. The molecule has 24 heavy (non-hydrogen) atoms. The van der Waals surface area contributed by atoms with Crippen LogP contribution in [0.3, 0.4) is 0 Å². The molecule has 1 fully saturated rings. The minimum absolute atomic E-state index is 0.348. The largest absolute Gasteiger partial charge is 0.457 e. The highest BCUT2D eigenvalue weighted by molar-refractivity contribution is 8.18. The van der Waals surface area contributed by atoms with Crippen molar-refractivity contribution in [3.63, 3.8) is 0 Å². The van der Waals surface area contributed by atoms with Gasteiger partial charge in [-0.1, -0.05) is 23.7 Å². The first-order valence-electron chi connectivity index (χ1n) is 7.22. The number of hydrogen-bond donors (Lipinski definition) is 1. The van der Waals surface area contributed by atoms with Crippen molar-refractivity contribution in [2.75, 3.05) is 0 Å². The predicted octanol–water partition coefficient (Wildman–Crippen LogP) is 5.07. The van der Waals surface area contributed by atoms with Gasteiger partial charge in [0.25, 0.3) is 11.1 Å². The molecule has 1 aliphatic heterocycles. The zero-order valence-corrected chi connectivity index (χ0v) is 14.6. The molecule has 0 aliphatic carbocycles. The second-order valence-electron chi connectivity index (χ2n) is 5.39. The fourth-order valence-corrected chi connectivity index (χ4v) is 3.10. The predicted molar refractivity (Wildman–Crippen MR) is 96.5 cm³/mol. The molecule has 1 saturated heterocycles. The summed E-state index contributed by atoms with van der Waals surface area (Å²) in [6, 6.07) is 11.0. The van der Waals surface area contributed by atoms with E-state index in [1.54, 1.807) is 6.08 Å². The molecule has 2 amide bonds. The third-order valence-electron chi connectivity index (χ3n) is 3.47. The lowest BCUT2D eigenvalue weighted by atomic mass is 10.1. The number of rotatable bonds is 3. The molecule has 122 valence electrons. The van der Waals surface area contributed by atoms with Crippen LogP contribution < -0.4 is 10.1 Å². The van der Waals surface area contributed by atoms with E-state index in [-0.39, 0.29) is 11.1 Å². The molecule has 0 saturated carbocycles. The van der Waals surface area contributed by atoms with Crippen LogP contribution in [0, 0.1) is 13.8 Å². The maximum Gasteiger partial charge on any atom is 0.290 e. The van der Waals surface area contributed by atoms with Gasteiger partial charge in [0.15, 0.2) is 0 Å². The fourth-order valence-electron chi connectivity index (χ4n) is 2.31. The Morgan fingerprint density at radius 3 is 2.21 bits per heavy atom. The van der Waals surface area contributed by atoms with E-state index in [0.717, 1.165) is 39.2 Å². The second kappa shape index (κ2) is 6.71. The average molecular weight is 360 g/mol. The van der Waals surface area contributed by atoms with Crippen LogP contribution in [-0.4, -0.2) is 11.1 Å². The van der Waals surface area contributed by atoms with Crippen LogP contribution in [0.4, 0.5) is 4.79 Å². The van der Waals surface area contributed by atoms with Gasteiger partial charge in [0.1, 0.15) is 11.5 Å². The maximum absolute atomic E-state index is 11.5. The minimum Gasteiger partial charge on any atom is -0.457 e. The Kier molecular flexibility index (Phi) is 4.64. The third kappa shape index (κ3) is 3.63. The Labute approximate surface area is 148 Å². The Bertz CT molecular complexity index is 836. The fraction of sp³-hybridized carbons (Fsp3) is 0.111. The molecule has 0 spiro atoms. The number of imide groups is 1. The summed E-state index contributed by atoms with van der Waals surface area (Å²) in [6.45, 7) is 3.87.